The zero-order chi connectivity index (χ0) is 16.3. The van der Waals surface area contributed by atoms with Crippen LogP contribution in [0.4, 0.5) is 15.8 Å². The second-order valence-electron chi connectivity index (χ2n) is 4.74. The highest BCUT2D eigenvalue weighted by atomic mass is 32.2. The molecule has 0 unspecified atom stereocenters. The Morgan fingerprint density at radius 3 is 2.36 bits per heavy atom. The van der Waals surface area contributed by atoms with E-state index in [-0.39, 0.29) is 0 Å². The first-order chi connectivity index (χ1) is 10.3. The minimum absolute atomic E-state index is 0.303. The van der Waals surface area contributed by atoms with Crippen molar-refractivity contribution in [3.63, 3.8) is 0 Å². The Morgan fingerprint density at radius 2 is 1.77 bits per heavy atom. The molecule has 2 aromatic rings. The van der Waals surface area contributed by atoms with Gasteiger partial charge < -0.3 is 5.32 Å². The Morgan fingerprint density at radius 1 is 1.14 bits per heavy atom. The average molecular weight is 322 g/mol. The molecule has 2 rings (SSSR count). The summed E-state index contributed by atoms with van der Waals surface area (Å²) in [5, 5.41) is 2.62. The van der Waals surface area contributed by atoms with Crippen molar-refractivity contribution in [1.82, 2.24) is 0 Å². The molecule has 0 heterocycles. The average Bonchev–Trinajstić information content (AvgIpc) is 2.48. The summed E-state index contributed by atoms with van der Waals surface area (Å²) in [6.07, 6.45) is 1.08. The number of benzene rings is 2. The van der Waals surface area contributed by atoms with Crippen LogP contribution in [0.1, 0.15) is 10.4 Å². The number of anilines is 2. The molecule has 7 heteroatoms. The molecule has 5 nitrogen and oxygen atoms in total. The molecule has 0 saturated carbocycles. The van der Waals surface area contributed by atoms with Crippen LogP contribution < -0.4 is 9.62 Å². The van der Waals surface area contributed by atoms with Gasteiger partial charge in [-0.15, -0.1) is 0 Å². The molecular formula is C15H15FN2O3S. The molecule has 1 amide bonds. The molecule has 0 aliphatic heterocycles. The van der Waals surface area contributed by atoms with Gasteiger partial charge in [-0.05, 0) is 42.5 Å². The maximum Gasteiger partial charge on any atom is 0.255 e. The Bertz CT molecular complexity index is 789. The van der Waals surface area contributed by atoms with Crippen LogP contribution in [0.15, 0.2) is 48.5 Å². The molecular weight excluding hydrogens is 307 g/mol. The number of nitrogens with one attached hydrogen (secondary N) is 1. The van der Waals surface area contributed by atoms with E-state index in [2.05, 4.69) is 5.32 Å². The summed E-state index contributed by atoms with van der Waals surface area (Å²) in [4.78, 5) is 12.2. The highest BCUT2D eigenvalue weighted by Gasteiger charge is 2.14. The van der Waals surface area contributed by atoms with Gasteiger partial charge in [0.15, 0.2) is 0 Å². The van der Waals surface area contributed by atoms with E-state index >= 15 is 0 Å². The monoisotopic (exact) mass is 322 g/mol. The Kier molecular flexibility index (Phi) is 4.46. The quantitative estimate of drug-likeness (QED) is 0.940. The fraction of sp³-hybridized carbons (Fsp3) is 0.133. The summed E-state index contributed by atoms with van der Waals surface area (Å²) in [6.45, 7) is 0. The normalized spacial score (nSPS) is 11.0. The lowest BCUT2D eigenvalue weighted by Gasteiger charge is -2.17. The van der Waals surface area contributed by atoms with Crippen LogP contribution in [0.5, 0.6) is 0 Å². The number of amides is 1. The fourth-order valence-corrected chi connectivity index (χ4v) is 2.27. The van der Waals surface area contributed by atoms with Crippen molar-refractivity contribution in [3.8, 4) is 0 Å². The molecule has 0 aromatic heterocycles. The predicted octanol–water partition coefficient (Wildman–Crippen LogP) is 2.47. The van der Waals surface area contributed by atoms with E-state index in [0.717, 1.165) is 10.6 Å². The molecule has 1 N–H and O–H groups in total. The van der Waals surface area contributed by atoms with E-state index in [1.165, 1.54) is 37.4 Å². The van der Waals surface area contributed by atoms with Gasteiger partial charge in [-0.3, -0.25) is 9.10 Å². The molecule has 0 saturated heterocycles. The van der Waals surface area contributed by atoms with E-state index in [1.807, 2.05) is 0 Å². The molecule has 0 spiro atoms. The number of halogens is 1. The second kappa shape index (κ2) is 6.15. The highest BCUT2D eigenvalue weighted by Crippen LogP contribution is 2.18. The van der Waals surface area contributed by atoms with E-state index in [4.69, 9.17) is 0 Å². The second-order valence-corrected chi connectivity index (χ2v) is 6.76. The van der Waals surface area contributed by atoms with Crippen LogP contribution >= 0.6 is 0 Å². The third-order valence-corrected chi connectivity index (χ3v) is 4.28. The van der Waals surface area contributed by atoms with Crippen LogP contribution in [0.3, 0.4) is 0 Å². The van der Waals surface area contributed by atoms with Crippen molar-refractivity contribution in [2.45, 2.75) is 0 Å². The molecule has 0 atom stereocenters. The smallest absolute Gasteiger partial charge is 0.255 e. The number of sulfonamides is 1. The third kappa shape index (κ3) is 3.82. The van der Waals surface area contributed by atoms with Gasteiger partial charge in [-0.2, -0.15) is 0 Å². The van der Waals surface area contributed by atoms with Crippen molar-refractivity contribution >= 4 is 27.3 Å². The van der Waals surface area contributed by atoms with Crippen LogP contribution in [0.25, 0.3) is 0 Å². The zero-order valence-corrected chi connectivity index (χ0v) is 12.9. The van der Waals surface area contributed by atoms with E-state index < -0.39 is 21.7 Å². The van der Waals surface area contributed by atoms with Gasteiger partial charge in [0.2, 0.25) is 10.0 Å². The van der Waals surface area contributed by atoms with Crippen molar-refractivity contribution < 1.29 is 17.6 Å². The molecule has 116 valence electrons. The highest BCUT2D eigenvalue weighted by molar-refractivity contribution is 7.92. The summed E-state index contributed by atoms with van der Waals surface area (Å²) in [5.74, 6) is -0.801. The fourth-order valence-electron chi connectivity index (χ4n) is 1.77. The van der Waals surface area contributed by atoms with Crippen molar-refractivity contribution in [2.24, 2.45) is 0 Å². The standard InChI is InChI=1S/C15H15FN2O3S/c1-18(22(2,20)21)14-5-3-4-11(10-14)15(19)17-13-8-6-12(16)7-9-13/h3-10H,1-2H3,(H,17,19). The van der Waals surface area contributed by atoms with Crippen molar-refractivity contribution in [2.75, 3.05) is 22.9 Å². The van der Waals surface area contributed by atoms with Crippen LogP contribution in [0, 0.1) is 5.82 Å². The SMILES string of the molecule is CN(c1cccc(C(=O)Nc2ccc(F)cc2)c1)S(C)(=O)=O. The molecule has 22 heavy (non-hydrogen) atoms. The van der Waals surface area contributed by atoms with Gasteiger partial charge in [0.25, 0.3) is 5.91 Å². The lowest BCUT2D eigenvalue weighted by atomic mass is 10.2. The van der Waals surface area contributed by atoms with E-state index in [1.54, 1.807) is 18.2 Å². The number of nitrogens with zero attached hydrogens (tertiary/aromatic N) is 1. The molecule has 0 fully saturated rings. The Labute approximate surface area is 128 Å². The maximum atomic E-state index is 12.8. The number of hydrogen-bond acceptors (Lipinski definition) is 3. The molecule has 2 aromatic carbocycles. The zero-order valence-electron chi connectivity index (χ0n) is 12.1. The Balaban J connectivity index is 2.22. The van der Waals surface area contributed by atoms with Gasteiger partial charge in [-0.25, -0.2) is 12.8 Å². The lowest BCUT2D eigenvalue weighted by Crippen LogP contribution is -2.25. The number of carbonyl (C=O) groups is 1. The Hall–Kier alpha value is -2.41. The van der Waals surface area contributed by atoms with E-state index in [0.29, 0.717) is 16.9 Å². The van der Waals surface area contributed by atoms with Crippen LogP contribution in [0.2, 0.25) is 0 Å². The first kappa shape index (κ1) is 16.0. The first-order valence-corrected chi connectivity index (χ1v) is 8.23. The maximum absolute atomic E-state index is 12.8. The summed E-state index contributed by atoms with van der Waals surface area (Å²) >= 11 is 0. The van der Waals surface area contributed by atoms with Crippen LogP contribution in [-0.4, -0.2) is 27.6 Å². The van der Waals surface area contributed by atoms with Gasteiger partial charge in [0.05, 0.1) is 11.9 Å². The largest absolute Gasteiger partial charge is 0.322 e. The van der Waals surface area contributed by atoms with Crippen molar-refractivity contribution in [3.05, 3.63) is 59.9 Å². The van der Waals surface area contributed by atoms with Gasteiger partial charge >= 0.3 is 0 Å². The summed E-state index contributed by atoms with van der Waals surface area (Å²) in [5.41, 5.74) is 1.14. The topological polar surface area (TPSA) is 66.5 Å². The minimum atomic E-state index is -3.40. The van der Waals surface area contributed by atoms with Crippen LogP contribution in [-0.2, 0) is 10.0 Å². The van der Waals surface area contributed by atoms with Crippen molar-refractivity contribution in [1.29, 1.82) is 0 Å². The molecule has 0 bridgehead atoms. The predicted molar refractivity (Wildman–Crippen MR) is 84.0 cm³/mol. The number of rotatable bonds is 4. The first-order valence-electron chi connectivity index (χ1n) is 6.38. The summed E-state index contributed by atoms with van der Waals surface area (Å²) < 4.78 is 37.0. The molecule has 0 aliphatic rings. The van der Waals surface area contributed by atoms with Gasteiger partial charge in [0, 0.05) is 18.3 Å². The minimum Gasteiger partial charge on any atom is -0.322 e. The lowest BCUT2D eigenvalue weighted by molar-refractivity contribution is 0.102. The van der Waals surface area contributed by atoms with Gasteiger partial charge in [0.1, 0.15) is 5.82 Å². The van der Waals surface area contributed by atoms with E-state index in [9.17, 15) is 17.6 Å². The third-order valence-electron chi connectivity index (χ3n) is 3.07. The number of carbonyl (C=O) groups excluding carboxylic acids is 1. The number of hydrogen-bond donors (Lipinski definition) is 1. The summed E-state index contributed by atoms with van der Waals surface area (Å²) in [6, 6.07) is 11.6. The van der Waals surface area contributed by atoms with Gasteiger partial charge in [-0.1, -0.05) is 6.07 Å². The summed E-state index contributed by atoms with van der Waals surface area (Å²) in [7, 11) is -1.99. The molecule has 0 aliphatic carbocycles. The molecule has 0 radical (unpaired) electrons.